The number of ether oxygens (including phenoxy) is 1. The Balaban J connectivity index is 1.72. The van der Waals surface area contributed by atoms with E-state index >= 15 is 0 Å². The van der Waals surface area contributed by atoms with Crippen LogP contribution in [0.25, 0.3) is 0 Å². The second kappa shape index (κ2) is 4.44. The summed E-state index contributed by atoms with van der Waals surface area (Å²) in [4.78, 5) is 3.07. The van der Waals surface area contributed by atoms with E-state index in [1.54, 1.807) is 0 Å². The Bertz CT molecular complexity index is 227. The Morgan fingerprint density at radius 3 is 3.23 bits per heavy atom. The summed E-state index contributed by atoms with van der Waals surface area (Å²) < 4.78 is 5.38. The number of nitrogens with one attached hydrogen (secondary N) is 2. The zero-order chi connectivity index (χ0) is 8.93. The van der Waals surface area contributed by atoms with Crippen LogP contribution in [0, 0.1) is 0 Å². The highest BCUT2D eigenvalue weighted by Gasteiger charge is 2.12. The number of morpholine rings is 1. The van der Waals surface area contributed by atoms with Crippen molar-refractivity contribution in [3.05, 3.63) is 24.0 Å². The molecule has 13 heavy (non-hydrogen) atoms. The number of H-pyrrole nitrogens is 1. The van der Waals surface area contributed by atoms with Crippen molar-refractivity contribution < 1.29 is 4.74 Å². The van der Waals surface area contributed by atoms with Gasteiger partial charge in [-0.05, 0) is 24.5 Å². The first-order valence-electron chi connectivity index (χ1n) is 4.88. The highest BCUT2D eigenvalue weighted by molar-refractivity contribution is 5.08. The molecule has 3 heteroatoms. The fraction of sp³-hybridized carbons (Fsp3) is 0.600. The van der Waals surface area contributed by atoms with E-state index in [-0.39, 0.29) is 0 Å². The lowest BCUT2D eigenvalue weighted by Gasteiger charge is -2.23. The van der Waals surface area contributed by atoms with Crippen LogP contribution in [0.15, 0.2) is 18.5 Å². The first kappa shape index (κ1) is 8.78. The fourth-order valence-electron chi connectivity index (χ4n) is 1.66. The SMILES string of the molecule is c1cc(CCC2COCCN2)c[nH]1. The molecule has 1 aromatic heterocycles. The van der Waals surface area contributed by atoms with Gasteiger partial charge in [-0.3, -0.25) is 0 Å². The molecule has 1 unspecified atom stereocenters. The highest BCUT2D eigenvalue weighted by atomic mass is 16.5. The normalized spacial score (nSPS) is 23.2. The number of aryl methyl sites for hydroxylation is 1. The molecule has 1 aromatic rings. The van der Waals surface area contributed by atoms with Crippen molar-refractivity contribution >= 4 is 0 Å². The molecular weight excluding hydrogens is 164 g/mol. The largest absolute Gasteiger partial charge is 0.379 e. The molecular formula is C10H16N2O. The van der Waals surface area contributed by atoms with E-state index in [1.165, 1.54) is 5.56 Å². The average molecular weight is 180 g/mol. The van der Waals surface area contributed by atoms with Crippen LogP contribution < -0.4 is 5.32 Å². The zero-order valence-electron chi connectivity index (χ0n) is 7.75. The average Bonchev–Trinajstić information content (AvgIpc) is 2.69. The van der Waals surface area contributed by atoms with Crippen LogP contribution in [0.1, 0.15) is 12.0 Å². The van der Waals surface area contributed by atoms with Crippen LogP contribution >= 0.6 is 0 Å². The number of aromatic nitrogens is 1. The summed E-state index contributed by atoms with van der Waals surface area (Å²) in [5.74, 6) is 0. The minimum Gasteiger partial charge on any atom is -0.379 e. The third kappa shape index (κ3) is 2.57. The lowest BCUT2D eigenvalue weighted by Crippen LogP contribution is -2.41. The molecule has 2 heterocycles. The van der Waals surface area contributed by atoms with E-state index in [2.05, 4.69) is 22.6 Å². The summed E-state index contributed by atoms with van der Waals surface area (Å²) in [6, 6.07) is 2.67. The van der Waals surface area contributed by atoms with Crippen molar-refractivity contribution in [2.24, 2.45) is 0 Å². The van der Waals surface area contributed by atoms with E-state index < -0.39 is 0 Å². The molecule has 0 amide bonds. The minimum absolute atomic E-state index is 0.545. The Hall–Kier alpha value is -0.800. The van der Waals surface area contributed by atoms with Crippen molar-refractivity contribution in [1.29, 1.82) is 0 Å². The van der Waals surface area contributed by atoms with Crippen molar-refractivity contribution in [3.8, 4) is 0 Å². The van der Waals surface area contributed by atoms with E-state index in [1.807, 2.05) is 6.20 Å². The predicted octanol–water partition coefficient (Wildman–Crippen LogP) is 0.936. The quantitative estimate of drug-likeness (QED) is 0.726. The molecule has 3 nitrogen and oxygen atoms in total. The maximum absolute atomic E-state index is 5.38. The number of hydrogen-bond acceptors (Lipinski definition) is 2. The molecule has 0 saturated carbocycles. The van der Waals surface area contributed by atoms with Crippen LogP contribution in [-0.4, -0.2) is 30.8 Å². The molecule has 1 aliphatic rings. The van der Waals surface area contributed by atoms with Crippen LogP contribution in [0.3, 0.4) is 0 Å². The summed E-state index contributed by atoms with van der Waals surface area (Å²) in [5.41, 5.74) is 1.38. The Labute approximate surface area is 78.5 Å². The molecule has 1 aliphatic heterocycles. The Morgan fingerprint density at radius 2 is 2.54 bits per heavy atom. The smallest absolute Gasteiger partial charge is 0.0620 e. The molecule has 0 aromatic carbocycles. The molecule has 0 radical (unpaired) electrons. The summed E-state index contributed by atoms with van der Waals surface area (Å²) >= 11 is 0. The van der Waals surface area contributed by atoms with Crippen LogP contribution in [0.5, 0.6) is 0 Å². The van der Waals surface area contributed by atoms with E-state index in [4.69, 9.17) is 4.74 Å². The van der Waals surface area contributed by atoms with Crippen LogP contribution in [0.4, 0.5) is 0 Å². The van der Waals surface area contributed by atoms with Gasteiger partial charge in [0.1, 0.15) is 0 Å². The molecule has 2 N–H and O–H groups in total. The van der Waals surface area contributed by atoms with Gasteiger partial charge in [0.2, 0.25) is 0 Å². The topological polar surface area (TPSA) is 37.0 Å². The van der Waals surface area contributed by atoms with Gasteiger partial charge in [-0.1, -0.05) is 0 Å². The highest BCUT2D eigenvalue weighted by Crippen LogP contribution is 2.05. The first-order valence-corrected chi connectivity index (χ1v) is 4.88. The van der Waals surface area contributed by atoms with E-state index in [9.17, 15) is 0 Å². The maximum atomic E-state index is 5.38. The van der Waals surface area contributed by atoms with Gasteiger partial charge in [0, 0.05) is 25.0 Å². The van der Waals surface area contributed by atoms with E-state index in [0.29, 0.717) is 6.04 Å². The lowest BCUT2D eigenvalue weighted by atomic mass is 10.1. The molecule has 0 bridgehead atoms. The first-order chi connectivity index (χ1) is 6.45. The van der Waals surface area contributed by atoms with Gasteiger partial charge in [0.15, 0.2) is 0 Å². The van der Waals surface area contributed by atoms with Crippen LogP contribution in [-0.2, 0) is 11.2 Å². The molecule has 2 rings (SSSR count). The van der Waals surface area contributed by atoms with Crippen molar-refractivity contribution in [1.82, 2.24) is 10.3 Å². The van der Waals surface area contributed by atoms with Gasteiger partial charge in [-0.25, -0.2) is 0 Å². The van der Waals surface area contributed by atoms with Crippen molar-refractivity contribution in [2.45, 2.75) is 18.9 Å². The van der Waals surface area contributed by atoms with Gasteiger partial charge >= 0.3 is 0 Å². The van der Waals surface area contributed by atoms with Crippen LogP contribution in [0.2, 0.25) is 0 Å². The number of hydrogen-bond donors (Lipinski definition) is 2. The van der Waals surface area contributed by atoms with Gasteiger partial charge in [0.05, 0.1) is 13.2 Å². The second-order valence-electron chi connectivity index (χ2n) is 3.48. The Morgan fingerprint density at radius 1 is 1.54 bits per heavy atom. The summed E-state index contributed by atoms with van der Waals surface area (Å²) in [6.07, 6.45) is 6.33. The number of rotatable bonds is 3. The third-order valence-corrected chi connectivity index (χ3v) is 2.44. The molecule has 1 fully saturated rings. The zero-order valence-corrected chi connectivity index (χ0v) is 7.75. The standard InChI is InChI=1S/C10H16N2O/c1(9-3-4-11-7-9)2-10-8-13-6-5-12-10/h3-4,7,10-12H,1-2,5-6,8H2. The molecule has 1 atom stereocenters. The van der Waals surface area contributed by atoms with Gasteiger partial charge < -0.3 is 15.0 Å². The van der Waals surface area contributed by atoms with Crippen molar-refractivity contribution in [3.63, 3.8) is 0 Å². The third-order valence-electron chi connectivity index (χ3n) is 2.44. The maximum Gasteiger partial charge on any atom is 0.0620 e. The van der Waals surface area contributed by atoms with Crippen molar-refractivity contribution in [2.75, 3.05) is 19.8 Å². The summed E-state index contributed by atoms with van der Waals surface area (Å²) in [7, 11) is 0. The molecule has 72 valence electrons. The Kier molecular flexibility index (Phi) is 3.00. The molecule has 0 aliphatic carbocycles. The summed E-state index contributed by atoms with van der Waals surface area (Å²) in [6.45, 7) is 2.73. The monoisotopic (exact) mass is 180 g/mol. The minimum atomic E-state index is 0.545. The van der Waals surface area contributed by atoms with E-state index in [0.717, 1.165) is 32.6 Å². The van der Waals surface area contributed by atoms with Gasteiger partial charge in [0.25, 0.3) is 0 Å². The lowest BCUT2D eigenvalue weighted by molar-refractivity contribution is 0.0743. The number of aromatic amines is 1. The fourth-order valence-corrected chi connectivity index (χ4v) is 1.66. The van der Waals surface area contributed by atoms with Gasteiger partial charge in [-0.15, -0.1) is 0 Å². The molecule has 0 spiro atoms. The predicted molar refractivity (Wildman–Crippen MR) is 51.7 cm³/mol. The second-order valence-corrected chi connectivity index (χ2v) is 3.48. The van der Waals surface area contributed by atoms with Gasteiger partial charge in [-0.2, -0.15) is 0 Å². The summed E-state index contributed by atoms with van der Waals surface area (Å²) in [5, 5.41) is 3.45. The molecule has 1 saturated heterocycles.